The molecule has 4 heterocycles. The average Bonchev–Trinajstić information content (AvgIpc) is 3.91. The van der Waals surface area contributed by atoms with Crippen LogP contribution in [-0.4, -0.2) is 53.9 Å². The normalized spacial score (nSPS) is 11.7. The Morgan fingerprint density at radius 3 is 2.15 bits per heavy atom. The molecule has 0 fully saturated rings. The molecular weight excluding hydrogens is 715 g/mol. The fourth-order valence-corrected chi connectivity index (χ4v) is 7.96. The lowest BCUT2D eigenvalue weighted by atomic mass is 10.0. The molecule has 274 valence electrons. The first kappa shape index (κ1) is 35.3. The first-order valence-corrected chi connectivity index (χ1v) is 18.9. The van der Waals surface area contributed by atoms with Gasteiger partial charge in [0.25, 0.3) is 0 Å². The van der Waals surface area contributed by atoms with Gasteiger partial charge >= 0.3 is 0 Å². The van der Waals surface area contributed by atoms with Gasteiger partial charge in [0, 0.05) is 34.3 Å². The maximum atomic E-state index is 10.7. The van der Waals surface area contributed by atoms with Crippen molar-refractivity contribution in [1.82, 2.24) is 43.6 Å². The number of H-pyrrole nitrogens is 2. The summed E-state index contributed by atoms with van der Waals surface area (Å²) in [5, 5.41) is 35.0. The number of nitrogens with zero attached hydrogens (tertiary/aromatic N) is 7. The molecule has 11 nitrogen and oxygen atoms in total. The maximum absolute atomic E-state index is 10.7. The average molecular weight is 756 g/mol. The van der Waals surface area contributed by atoms with Crippen molar-refractivity contribution >= 4 is 46.4 Å². The smallest absolute Gasteiger partial charge is 0.202 e. The van der Waals surface area contributed by atoms with Crippen molar-refractivity contribution < 1.29 is 10.2 Å². The quantitative estimate of drug-likeness (QED) is 0.108. The van der Waals surface area contributed by atoms with Crippen LogP contribution < -0.4 is 0 Å². The number of aromatic amines is 2. The first-order chi connectivity index (χ1) is 26.0. The number of aromatic nitrogens is 9. The van der Waals surface area contributed by atoms with Crippen LogP contribution in [0.2, 0.25) is 0 Å². The fraction of sp³-hybridized carbons (Fsp3) is 0.244. The third-order valence-electron chi connectivity index (χ3n) is 10.6. The van der Waals surface area contributed by atoms with Crippen molar-refractivity contribution in [1.29, 1.82) is 0 Å². The number of rotatable bonds is 9. The Morgan fingerprint density at radius 2 is 1.46 bits per heavy atom. The number of fused-ring (bicyclic) bond motifs is 2. The van der Waals surface area contributed by atoms with Crippen LogP contribution in [0.3, 0.4) is 0 Å². The number of aryl methyl sites for hydroxylation is 8. The van der Waals surface area contributed by atoms with Crippen molar-refractivity contribution in [3.05, 3.63) is 110 Å². The number of hydrogen-bond donors (Lipinski definition) is 4. The Bertz CT molecular complexity index is 2880. The summed E-state index contributed by atoms with van der Waals surface area (Å²) < 4.78 is 8.93. The van der Waals surface area contributed by atoms with Crippen LogP contribution in [0, 0.1) is 37.2 Å². The monoisotopic (exact) mass is 755 g/mol. The molecule has 8 aromatic rings. The van der Waals surface area contributed by atoms with Crippen LogP contribution in [0.15, 0.2) is 67.0 Å². The van der Waals surface area contributed by atoms with E-state index in [0.717, 1.165) is 72.4 Å². The predicted molar refractivity (Wildman–Crippen MR) is 218 cm³/mol. The van der Waals surface area contributed by atoms with E-state index in [4.69, 9.17) is 34.5 Å². The number of phenols is 2. The minimum Gasteiger partial charge on any atom is -0.508 e. The number of para-hydroxylation sites is 1. The summed E-state index contributed by atoms with van der Waals surface area (Å²) in [6.07, 6.45) is 3.20. The molecule has 0 saturated heterocycles. The van der Waals surface area contributed by atoms with Crippen LogP contribution >= 0.6 is 24.4 Å². The van der Waals surface area contributed by atoms with E-state index >= 15 is 0 Å². The summed E-state index contributed by atoms with van der Waals surface area (Å²) in [6.45, 7) is 13.2. The largest absolute Gasteiger partial charge is 0.508 e. The second-order valence-corrected chi connectivity index (χ2v) is 14.6. The second kappa shape index (κ2) is 13.6. The highest BCUT2D eigenvalue weighted by atomic mass is 32.1. The van der Waals surface area contributed by atoms with Crippen molar-refractivity contribution in [2.45, 2.75) is 67.5 Å². The lowest BCUT2D eigenvalue weighted by Gasteiger charge is -2.12. The van der Waals surface area contributed by atoms with E-state index in [2.05, 4.69) is 51.8 Å². The molecule has 0 aliphatic rings. The van der Waals surface area contributed by atoms with E-state index in [0.29, 0.717) is 47.1 Å². The zero-order chi connectivity index (χ0) is 38.0. The van der Waals surface area contributed by atoms with E-state index in [1.165, 1.54) is 5.56 Å². The van der Waals surface area contributed by atoms with Crippen molar-refractivity contribution in [3.63, 3.8) is 0 Å². The molecule has 0 radical (unpaired) electrons. The molecule has 0 unspecified atom stereocenters. The van der Waals surface area contributed by atoms with E-state index in [9.17, 15) is 10.2 Å². The van der Waals surface area contributed by atoms with Crippen molar-refractivity contribution in [3.8, 4) is 45.6 Å². The van der Waals surface area contributed by atoms with Crippen molar-refractivity contribution in [2.24, 2.45) is 0 Å². The molecule has 13 heteroatoms. The van der Waals surface area contributed by atoms with Crippen LogP contribution in [0.4, 0.5) is 0 Å². The topological polar surface area (TPSA) is 130 Å². The van der Waals surface area contributed by atoms with Crippen LogP contribution in [0.5, 0.6) is 11.5 Å². The Morgan fingerprint density at radius 1 is 0.778 bits per heavy atom. The summed E-state index contributed by atoms with van der Waals surface area (Å²) in [4.78, 5) is 8.35. The Kier molecular flexibility index (Phi) is 8.85. The van der Waals surface area contributed by atoms with E-state index < -0.39 is 0 Å². The van der Waals surface area contributed by atoms with Gasteiger partial charge in [-0.25, -0.2) is 9.67 Å². The second-order valence-electron chi connectivity index (χ2n) is 13.8. The molecule has 4 N–H and O–H groups in total. The van der Waals surface area contributed by atoms with Crippen LogP contribution in [-0.2, 0) is 25.9 Å². The molecule has 0 aliphatic carbocycles. The molecule has 54 heavy (non-hydrogen) atoms. The highest BCUT2D eigenvalue weighted by Gasteiger charge is 2.21. The van der Waals surface area contributed by atoms with Gasteiger partial charge in [-0.05, 0) is 147 Å². The molecule has 0 bridgehead atoms. The lowest BCUT2D eigenvalue weighted by molar-refractivity contribution is 0.468. The number of benzene rings is 4. The van der Waals surface area contributed by atoms with Gasteiger partial charge in [0.15, 0.2) is 16.4 Å². The molecule has 0 atom stereocenters. The summed E-state index contributed by atoms with van der Waals surface area (Å²) >= 11 is 12.0. The fourth-order valence-electron chi connectivity index (χ4n) is 7.41. The Labute approximate surface area is 322 Å². The third kappa shape index (κ3) is 5.75. The molecule has 0 aliphatic heterocycles. The van der Waals surface area contributed by atoms with Gasteiger partial charge < -0.3 is 19.8 Å². The molecule has 4 aromatic heterocycles. The number of imidazole rings is 1. The molecule has 0 amide bonds. The number of nitrogens with one attached hydrogen (secondary N) is 2. The zero-order valence-corrected chi connectivity index (χ0v) is 32.7. The van der Waals surface area contributed by atoms with E-state index in [1.807, 2.05) is 84.2 Å². The third-order valence-corrected chi connectivity index (χ3v) is 11.2. The Balaban J connectivity index is 1.20. The molecule has 0 saturated carbocycles. The summed E-state index contributed by atoms with van der Waals surface area (Å²) in [5.74, 6) is 1.92. The molecular formula is C41H41N9O2S2. The number of hydrogen-bond acceptors (Lipinski definition) is 7. The SMILES string of the molecule is CCc1cc(-c2n[nH]c(=S)n2-c2cccc3c2ncn3CCn2nc(-c3cc(CC)c(O)cc3C)n(-c3ccc4[nH]c(C)c(C)c4c3)c2=S)c(C)cc1O. The summed E-state index contributed by atoms with van der Waals surface area (Å²) in [7, 11) is 0. The van der Waals surface area contributed by atoms with Gasteiger partial charge in [0.1, 0.15) is 17.0 Å². The number of phenolic OH excluding ortho intramolecular Hbond substituents is 2. The van der Waals surface area contributed by atoms with Crippen LogP contribution in [0.25, 0.3) is 56.1 Å². The highest BCUT2D eigenvalue weighted by molar-refractivity contribution is 7.71. The van der Waals surface area contributed by atoms with Crippen molar-refractivity contribution in [2.75, 3.05) is 0 Å². The van der Waals surface area contributed by atoms with Gasteiger partial charge in [-0.1, -0.05) is 19.9 Å². The Hall–Kier alpha value is -5.79. The predicted octanol–water partition coefficient (Wildman–Crippen LogP) is 9.28. The lowest BCUT2D eigenvalue weighted by Crippen LogP contribution is -2.09. The van der Waals surface area contributed by atoms with Gasteiger partial charge in [0.05, 0.1) is 29.8 Å². The molecule has 4 aromatic carbocycles. The number of aromatic hydroxyl groups is 2. The summed E-state index contributed by atoms with van der Waals surface area (Å²) in [5.41, 5.74) is 12.1. The van der Waals surface area contributed by atoms with E-state index in [-0.39, 0.29) is 11.5 Å². The van der Waals surface area contributed by atoms with E-state index in [1.54, 1.807) is 6.07 Å². The maximum Gasteiger partial charge on any atom is 0.202 e. The van der Waals surface area contributed by atoms with Gasteiger partial charge in [0.2, 0.25) is 4.77 Å². The molecule has 8 rings (SSSR count). The van der Waals surface area contributed by atoms with Crippen LogP contribution in [0.1, 0.15) is 47.4 Å². The zero-order valence-electron chi connectivity index (χ0n) is 31.0. The molecule has 0 spiro atoms. The first-order valence-electron chi connectivity index (χ1n) is 18.1. The minimum atomic E-state index is 0.271. The summed E-state index contributed by atoms with van der Waals surface area (Å²) in [6, 6.07) is 19.9. The van der Waals surface area contributed by atoms with Gasteiger partial charge in [-0.2, -0.15) is 10.2 Å². The van der Waals surface area contributed by atoms with Gasteiger partial charge in [-0.3, -0.25) is 14.2 Å². The minimum absolute atomic E-state index is 0.271. The highest BCUT2D eigenvalue weighted by Crippen LogP contribution is 2.34. The van der Waals surface area contributed by atoms with Gasteiger partial charge in [-0.15, -0.1) is 0 Å². The standard InChI is InChI=1S/C41H41N9O2S2/c1-7-26-18-29(22(3)16-35(26)51)38-44-45-40(53)50(38)34-11-9-10-33-37(34)42-21-47(33)14-15-48-41(54)49(28-12-13-32-31(20-28)24(5)25(6)43-32)39(46-48)30-19-27(8-2)36(52)17-23(30)4/h9-13,16-21,43,51-52H,7-8,14-15H2,1-6H3,(H,45,53).